The number of rotatable bonds is 5. The zero-order valence-corrected chi connectivity index (χ0v) is 13.7. The topological polar surface area (TPSA) is 56.1 Å². The average molecular weight is 301 g/mol. The number of ether oxygens (including phenoxy) is 1. The van der Waals surface area contributed by atoms with Crippen molar-refractivity contribution in [2.24, 2.45) is 0 Å². The fourth-order valence-electron chi connectivity index (χ4n) is 2.92. The summed E-state index contributed by atoms with van der Waals surface area (Å²) in [6, 6.07) is 0. The molecule has 0 saturated heterocycles. The lowest BCUT2D eigenvalue weighted by Crippen LogP contribution is -2.34. The van der Waals surface area contributed by atoms with Crippen molar-refractivity contribution in [3.63, 3.8) is 0 Å². The van der Waals surface area contributed by atoms with Crippen molar-refractivity contribution in [2.75, 3.05) is 20.1 Å². The van der Waals surface area contributed by atoms with Crippen molar-refractivity contribution in [2.45, 2.75) is 39.8 Å². The van der Waals surface area contributed by atoms with Crippen LogP contribution in [0.4, 0.5) is 0 Å². The molecular weight excluding hydrogens is 278 g/mol. The second-order valence-electron chi connectivity index (χ2n) is 6.01. The van der Waals surface area contributed by atoms with E-state index in [-0.39, 0.29) is 6.10 Å². The van der Waals surface area contributed by atoms with Crippen molar-refractivity contribution in [1.29, 1.82) is 0 Å². The van der Waals surface area contributed by atoms with E-state index in [0.29, 0.717) is 0 Å². The lowest BCUT2D eigenvalue weighted by molar-refractivity contribution is 0.161. The van der Waals surface area contributed by atoms with E-state index in [1.807, 2.05) is 33.2 Å². The molecule has 2 aromatic heterocycles. The van der Waals surface area contributed by atoms with Gasteiger partial charge in [0, 0.05) is 49.7 Å². The largest absolute Gasteiger partial charge is 0.472 e. The van der Waals surface area contributed by atoms with E-state index < -0.39 is 0 Å². The van der Waals surface area contributed by atoms with Gasteiger partial charge in [0.2, 0.25) is 5.88 Å². The van der Waals surface area contributed by atoms with Crippen LogP contribution in [-0.4, -0.2) is 50.7 Å². The number of fused-ring (bicyclic) bond motifs is 1. The molecule has 1 atom stereocenters. The summed E-state index contributed by atoms with van der Waals surface area (Å²) in [5.41, 5.74) is 2.20. The molecule has 0 bridgehead atoms. The zero-order valence-electron chi connectivity index (χ0n) is 13.7. The van der Waals surface area contributed by atoms with Crippen LogP contribution >= 0.6 is 0 Å². The standard InChI is InChI=1S/C16H23N5O/c1-11-15-9-14(22-16(15)19-12(2)18-11)10-20(4)7-8-21-6-5-17-13(21)3/h5-6,14H,7-10H2,1-4H3. The van der Waals surface area contributed by atoms with E-state index in [0.717, 1.165) is 54.8 Å². The van der Waals surface area contributed by atoms with E-state index in [2.05, 4.69) is 31.5 Å². The molecule has 3 heterocycles. The summed E-state index contributed by atoms with van der Waals surface area (Å²) in [6.45, 7) is 8.77. The normalized spacial score (nSPS) is 16.9. The van der Waals surface area contributed by atoms with Crippen LogP contribution in [0, 0.1) is 20.8 Å². The Bertz CT molecular complexity index is 667. The lowest BCUT2D eigenvalue weighted by Gasteiger charge is -2.20. The van der Waals surface area contributed by atoms with Gasteiger partial charge in [-0.15, -0.1) is 0 Å². The summed E-state index contributed by atoms with van der Waals surface area (Å²) in [7, 11) is 2.13. The molecule has 2 aromatic rings. The molecule has 0 spiro atoms. The molecule has 6 heteroatoms. The smallest absolute Gasteiger partial charge is 0.220 e. The van der Waals surface area contributed by atoms with Gasteiger partial charge in [-0.2, -0.15) is 4.98 Å². The third-order valence-corrected chi connectivity index (χ3v) is 4.16. The van der Waals surface area contributed by atoms with E-state index in [1.165, 1.54) is 0 Å². The molecule has 22 heavy (non-hydrogen) atoms. The SMILES string of the molecule is Cc1nc(C)c2c(n1)OC(CN(C)CCn1ccnc1C)C2. The molecule has 0 saturated carbocycles. The van der Waals surface area contributed by atoms with E-state index in [9.17, 15) is 0 Å². The van der Waals surface area contributed by atoms with Crippen LogP contribution in [0.25, 0.3) is 0 Å². The number of aromatic nitrogens is 4. The molecule has 1 aliphatic heterocycles. The maximum absolute atomic E-state index is 5.99. The van der Waals surface area contributed by atoms with Gasteiger partial charge >= 0.3 is 0 Å². The van der Waals surface area contributed by atoms with Crippen LogP contribution in [0.5, 0.6) is 5.88 Å². The Morgan fingerprint density at radius 2 is 2.14 bits per heavy atom. The van der Waals surface area contributed by atoms with Gasteiger partial charge in [0.15, 0.2) is 0 Å². The molecule has 0 fully saturated rings. The van der Waals surface area contributed by atoms with E-state index in [4.69, 9.17) is 4.74 Å². The van der Waals surface area contributed by atoms with Crippen molar-refractivity contribution in [3.8, 4) is 5.88 Å². The Labute approximate surface area is 131 Å². The summed E-state index contributed by atoms with van der Waals surface area (Å²) < 4.78 is 8.15. The van der Waals surface area contributed by atoms with Crippen LogP contribution in [0.3, 0.4) is 0 Å². The van der Waals surface area contributed by atoms with Crippen LogP contribution in [0.1, 0.15) is 22.9 Å². The van der Waals surface area contributed by atoms with Crippen LogP contribution in [-0.2, 0) is 13.0 Å². The highest BCUT2D eigenvalue weighted by molar-refractivity contribution is 5.34. The van der Waals surface area contributed by atoms with Crippen LogP contribution in [0.15, 0.2) is 12.4 Å². The number of nitrogens with zero attached hydrogens (tertiary/aromatic N) is 5. The Balaban J connectivity index is 1.54. The molecule has 0 radical (unpaired) electrons. The van der Waals surface area contributed by atoms with Gasteiger partial charge < -0.3 is 14.2 Å². The van der Waals surface area contributed by atoms with Gasteiger partial charge in [0.05, 0.1) is 0 Å². The van der Waals surface area contributed by atoms with Gasteiger partial charge in [0.1, 0.15) is 17.8 Å². The minimum atomic E-state index is 0.165. The summed E-state index contributed by atoms with van der Waals surface area (Å²) in [5.74, 6) is 2.61. The molecule has 118 valence electrons. The van der Waals surface area contributed by atoms with E-state index in [1.54, 1.807) is 0 Å². The molecule has 1 unspecified atom stereocenters. The first-order chi connectivity index (χ1) is 10.5. The summed E-state index contributed by atoms with van der Waals surface area (Å²) >= 11 is 0. The van der Waals surface area contributed by atoms with Gasteiger partial charge in [-0.1, -0.05) is 0 Å². The first-order valence-electron chi connectivity index (χ1n) is 7.70. The van der Waals surface area contributed by atoms with Crippen molar-refractivity contribution < 1.29 is 4.74 Å². The number of hydrogen-bond acceptors (Lipinski definition) is 5. The number of aryl methyl sites for hydroxylation is 3. The maximum Gasteiger partial charge on any atom is 0.220 e. The highest BCUT2D eigenvalue weighted by Gasteiger charge is 2.27. The Morgan fingerprint density at radius 1 is 1.32 bits per heavy atom. The number of likely N-dealkylation sites (N-methyl/N-ethyl adjacent to an activating group) is 1. The molecule has 0 amide bonds. The Hall–Kier alpha value is -1.95. The van der Waals surface area contributed by atoms with Crippen LogP contribution in [0.2, 0.25) is 0 Å². The second kappa shape index (κ2) is 6.04. The predicted molar refractivity (Wildman–Crippen MR) is 84.1 cm³/mol. The molecule has 6 nitrogen and oxygen atoms in total. The molecule has 0 N–H and O–H groups in total. The molecule has 1 aliphatic rings. The van der Waals surface area contributed by atoms with Crippen LogP contribution < -0.4 is 4.74 Å². The third kappa shape index (κ3) is 3.11. The highest BCUT2D eigenvalue weighted by Crippen LogP contribution is 2.28. The summed E-state index contributed by atoms with van der Waals surface area (Å²) in [4.78, 5) is 15.4. The second-order valence-corrected chi connectivity index (χ2v) is 6.01. The zero-order chi connectivity index (χ0) is 15.7. The summed E-state index contributed by atoms with van der Waals surface area (Å²) in [5, 5.41) is 0. The first-order valence-corrected chi connectivity index (χ1v) is 7.70. The molecular formula is C16H23N5O. The minimum absolute atomic E-state index is 0.165. The van der Waals surface area contributed by atoms with E-state index >= 15 is 0 Å². The lowest BCUT2D eigenvalue weighted by atomic mass is 10.1. The van der Waals surface area contributed by atoms with Gasteiger partial charge in [-0.3, -0.25) is 0 Å². The molecule has 0 aliphatic carbocycles. The first kappa shape index (κ1) is 15.0. The third-order valence-electron chi connectivity index (χ3n) is 4.16. The predicted octanol–water partition coefficient (Wildman–Crippen LogP) is 1.53. The average Bonchev–Trinajstić information content (AvgIpc) is 3.02. The number of hydrogen-bond donors (Lipinski definition) is 0. The fourth-order valence-corrected chi connectivity index (χ4v) is 2.92. The quantitative estimate of drug-likeness (QED) is 0.838. The fraction of sp³-hybridized carbons (Fsp3) is 0.562. The summed E-state index contributed by atoms with van der Waals surface area (Å²) in [6.07, 6.45) is 4.93. The van der Waals surface area contributed by atoms with Crippen molar-refractivity contribution in [1.82, 2.24) is 24.4 Å². The highest BCUT2D eigenvalue weighted by atomic mass is 16.5. The minimum Gasteiger partial charge on any atom is -0.472 e. The Morgan fingerprint density at radius 3 is 2.86 bits per heavy atom. The van der Waals surface area contributed by atoms with Gasteiger partial charge in [0.25, 0.3) is 0 Å². The van der Waals surface area contributed by atoms with Gasteiger partial charge in [-0.05, 0) is 27.8 Å². The van der Waals surface area contributed by atoms with Crippen molar-refractivity contribution in [3.05, 3.63) is 35.3 Å². The maximum atomic E-state index is 5.99. The number of imidazole rings is 1. The van der Waals surface area contributed by atoms with Gasteiger partial charge in [-0.25, -0.2) is 9.97 Å². The monoisotopic (exact) mass is 301 g/mol. The molecule has 0 aromatic carbocycles. The molecule has 3 rings (SSSR count). The van der Waals surface area contributed by atoms with Crippen molar-refractivity contribution >= 4 is 0 Å². The Kier molecular flexibility index (Phi) is 4.11.